The van der Waals surface area contributed by atoms with E-state index >= 15 is 0 Å². The number of likely N-dealkylation sites (tertiary alicyclic amines) is 1. The lowest BCUT2D eigenvalue weighted by atomic mass is 9.99. The molecule has 86 valence electrons. The lowest BCUT2D eigenvalue weighted by molar-refractivity contribution is -0.142. The van der Waals surface area contributed by atoms with Gasteiger partial charge in [-0.2, -0.15) is 0 Å². The molecular formula is C13H17NO2. The van der Waals surface area contributed by atoms with Crippen LogP contribution in [0, 0.1) is 11.8 Å². The molecule has 1 aliphatic rings. The predicted octanol–water partition coefficient (Wildman–Crippen LogP) is 1.84. The summed E-state index contributed by atoms with van der Waals surface area (Å²) in [5.41, 5.74) is 1.25. The van der Waals surface area contributed by atoms with Gasteiger partial charge in [0.25, 0.3) is 0 Å². The summed E-state index contributed by atoms with van der Waals surface area (Å²) in [6.45, 7) is 4.43. The fourth-order valence-corrected chi connectivity index (χ4v) is 2.36. The van der Waals surface area contributed by atoms with E-state index in [1.54, 1.807) is 0 Å². The summed E-state index contributed by atoms with van der Waals surface area (Å²) < 4.78 is 0. The molecule has 0 aromatic heterocycles. The lowest BCUT2D eigenvalue weighted by Crippen LogP contribution is -2.23. The van der Waals surface area contributed by atoms with Gasteiger partial charge in [-0.1, -0.05) is 37.3 Å². The molecule has 1 N–H and O–H groups in total. The van der Waals surface area contributed by atoms with E-state index in [2.05, 4.69) is 17.0 Å². The van der Waals surface area contributed by atoms with Crippen LogP contribution < -0.4 is 0 Å². The number of carbonyl (C=O) groups is 1. The summed E-state index contributed by atoms with van der Waals surface area (Å²) >= 11 is 0. The third-order valence-electron chi connectivity index (χ3n) is 3.25. The van der Waals surface area contributed by atoms with Crippen LogP contribution in [-0.2, 0) is 11.3 Å². The van der Waals surface area contributed by atoms with E-state index in [-0.39, 0.29) is 11.8 Å². The molecule has 16 heavy (non-hydrogen) atoms. The molecule has 0 spiro atoms. The van der Waals surface area contributed by atoms with Crippen LogP contribution in [-0.4, -0.2) is 29.1 Å². The summed E-state index contributed by atoms with van der Waals surface area (Å²) in [7, 11) is 0. The average Bonchev–Trinajstić information content (AvgIpc) is 2.61. The number of aliphatic carboxylic acids is 1. The van der Waals surface area contributed by atoms with Gasteiger partial charge in [-0.05, 0) is 11.5 Å². The Hall–Kier alpha value is -1.35. The SMILES string of the molecule is CC1CN(Cc2ccccc2)CC1C(=O)O. The minimum atomic E-state index is -0.664. The highest BCUT2D eigenvalue weighted by atomic mass is 16.4. The summed E-state index contributed by atoms with van der Waals surface area (Å²) in [6.07, 6.45) is 0. The molecule has 1 heterocycles. The lowest BCUT2D eigenvalue weighted by Gasteiger charge is -2.14. The van der Waals surface area contributed by atoms with Gasteiger partial charge < -0.3 is 5.11 Å². The van der Waals surface area contributed by atoms with E-state index in [9.17, 15) is 4.79 Å². The molecule has 2 atom stereocenters. The first-order valence-electron chi connectivity index (χ1n) is 5.66. The van der Waals surface area contributed by atoms with Gasteiger partial charge in [0.15, 0.2) is 0 Å². The summed E-state index contributed by atoms with van der Waals surface area (Å²) in [5.74, 6) is -0.618. The number of benzene rings is 1. The third kappa shape index (κ3) is 2.42. The summed E-state index contributed by atoms with van der Waals surface area (Å²) in [5, 5.41) is 9.04. The van der Waals surface area contributed by atoms with Gasteiger partial charge in [0.05, 0.1) is 5.92 Å². The Labute approximate surface area is 95.7 Å². The van der Waals surface area contributed by atoms with E-state index < -0.39 is 5.97 Å². The van der Waals surface area contributed by atoms with Crippen LogP contribution in [0.4, 0.5) is 0 Å². The molecule has 1 aromatic rings. The van der Waals surface area contributed by atoms with Crippen molar-refractivity contribution in [2.75, 3.05) is 13.1 Å². The maximum absolute atomic E-state index is 11.0. The minimum Gasteiger partial charge on any atom is -0.481 e. The molecule has 0 amide bonds. The molecule has 2 unspecified atom stereocenters. The topological polar surface area (TPSA) is 40.5 Å². The van der Waals surface area contributed by atoms with Gasteiger partial charge in [-0.25, -0.2) is 0 Å². The van der Waals surface area contributed by atoms with Gasteiger partial charge in [-0.3, -0.25) is 9.69 Å². The van der Waals surface area contributed by atoms with Crippen molar-refractivity contribution in [3.05, 3.63) is 35.9 Å². The quantitative estimate of drug-likeness (QED) is 0.843. The highest BCUT2D eigenvalue weighted by Crippen LogP contribution is 2.24. The molecule has 0 radical (unpaired) electrons. The number of rotatable bonds is 3. The molecule has 1 aromatic carbocycles. The fraction of sp³-hybridized carbons (Fsp3) is 0.462. The van der Waals surface area contributed by atoms with E-state index in [0.29, 0.717) is 6.54 Å². The van der Waals surface area contributed by atoms with Crippen LogP contribution >= 0.6 is 0 Å². The molecular weight excluding hydrogens is 202 g/mol. The van der Waals surface area contributed by atoms with Crippen LogP contribution in [0.1, 0.15) is 12.5 Å². The molecule has 0 saturated carbocycles. The molecule has 1 saturated heterocycles. The summed E-state index contributed by atoms with van der Waals surface area (Å²) in [4.78, 5) is 13.2. The van der Waals surface area contributed by atoms with Gasteiger partial charge >= 0.3 is 5.97 Å². The Kier molecular flexibility index (Phi) is 3.25. The highest BCUT2D eigenvalue weighted by molar-refractivity contribution is 5.71. The maximum Gasteiger partial charge on any atom is 0.308 e. The molecule has 0 aliphatic carbocycles. The van der Waals surface area contributed by atoms with Crippen molar-refractivity contribution in [3.63, 3.8) is 0 Å². The van der Waals surface area contributed by atoms with Crippen molar-refractivity contribution in [1.82, 2.24) is 4.90 Å². The normalized spacial score (nSPS) is 25.8. The maximum atomic E-state index is 11.0. The molecule has 0 bridgehead atoms. The Morgan fingerprint density at radius 2 is 2.06 bits per heavy atom. The highest BCUT2D eigenvalue weighted by Gasteiger charge is 2.34. The molecule has 1 fully saturated rings. The standard InChI is InChI=1S/C13H17NO2/c1-10-7-14(9-12(10)13(15)16)8-11-5-3-2-4-6-11/h2-6,10,12H,7-9H2,1H3,(H,15,16). The van der Waals surface area contributed by atoms with Crippen LogP contribution in [0.3, 0.4) is 0 Å². The number of nitrogens with zero attached hydrogens (tertiary/aromatic N) is 1. The molecule has 3 heteroatoms. The van der Waals surface area contributed by atoms with Crippen molar-refractivity contribution in [2.45, 2.75) is 13.5 Å². The zero-order chi connectivity index (χ0) is 11.5. The van der Waals surface area contributed by atoms with Crippen LogP contribution in [0.5, 0.6) is 0 Å². The van der Waals surface area contributed by atoms with Crippen molar-refractivity contribution < 1.29 is 9.90 Å². The largest absolute Gasteiger partial charge is 0.481 e. The first-order valence-corrected chi connectivity index (χ1v) is 5.66. The Morgan fingerprint density at radius 3 is 2.62 bits per heavy atom. The smallest absolute Gasteiger partial charge is 0.308 e. The van der Waals surface area contributed by atoms with E-state index in [0.717, 1.165) is 13.1 Å². The summed E-state index contributed by atoms with van der Waals surface area (Å²) in [6, 6.07) is 10.2. The van der Waals surface area contributed by atoms with Crippen molar-refractivity contribution in [3.8, 4) is 0 Å². The molecule has 1 aliphatic heterocycles. The van der Waals surface area contributed by atoms with Crippen LogP contribution in [0.2, 0.25) is 0 Å². The average molecular weight is 219 g/mol. The second-order valence-electron chi connectivity index (χ2n) is 4.60. The number of hydrogen-bond acceptors (Lipinski definition) is 2. The first-order chi connectivity index (χ1) is 7.66. The zero-order valence-corrected chi connectivity index (χ0v) is 9.47. The van der Waals surface area contributed by atoms with Gasteiger partial charge in [0.2, 0.25) is 0 Å². The molecule has 3 nitrogen and oxygen atoms in total. The van der Waals surface area contributed by atoms with Gasteiger partial charge in [0.1, 0.15) is 0 Å². The fourth-order valence-electron chi connectivity index (χ4n) is 2.36. The zero-order valence-electron chi connectivity index (χ0n) is 9.47. The Balaban J connectivity index is 1.96. The van der Waals surface area contributed by atoms with Crippen molar-refractivity contribution in [1.29, 1.82) is 0 Å². The monoisotopic (exact) mass is 219 g/mol. The number of carboxylic acid groups (broad SMARTS) is 1. The third-order valence-corrected chi connectivity index (χ3v) is 3.25. The molecule has 2 rings (SSSR count). The number of hydrogen-bond donors (Lipinski definition) is 1. The van der Waals surface area contributed by atoms with Crippen LogP contribution in [0.25, 0.3) is 0 Å². The van der Waals surface area contributed by atoms with Gasteiger partial charge in [0, 0.05) is 19.6 Å². The second kappa shape index (κ2) is 4.66. The van der Waals surface area contributed by atoms with E-state index in [4.69, 9.17) is 5.11 Å². The Morgan fingerprint density at radius 1 is 1.38 bits per heavy atom. The minimum absolute atomic E-state index is 0.205. The van der Waals surface area contributed by atoms with E-state index in [1.165, 1.54) is 5.56 Å². The van der Waals surface area contributed by atoms with E-state index in [1.807, 2.05) is 25.1 Å². The Bertz CT molecular complexity index is 363. The van der Waals surface area contributed by atoms with Crippen LogP contribution in [0.15, 0.2) is 30.3 Å². The van der Waals surface area contributed by atoms with Crippen molar-refractivity contribution in [2.24, 2.45) is 11.8 Å². The number of carboxylic acids is 1. The predicted molar refractivity (Wildman–Crippen MR) is 62.0 cm³/mol. The van der Waals surface area contributed by atoms with Gasteiger partial charge in [-0.15, -0.1) is 0 Å². The second-order valence-corrected chi connectivity index (χ2v) is 4.60. The first kappa shape index (κ1) is 11.1. The van der Waals surface area contributed by atoms with Crippen molar-refractivity contribution >= 4 is 5.97 Å².